The molecule has 1 atom stereocenters. The lowest BCUT2D eigenvalue weighted by atomic mass is 9.86. The van der Waals surface area contributed by atoms with Crippen molar-refractivity contribution in [3.05, 3.63) is 53.3 Å². The second-order valence-electron chi connectivity index (χ2n) is 8.38. The number of ether oxygens (including phenoxy) is 3. The molecule has 1 heterocycles. The molecule has 1 fully saturated rings. The lowest BCUT2D eigenvalue weighted by Gasteiger charge is -2.30. The minimum Gasteiger partial charge on any atom is -0.494 e. The van der Waals surface area contributed by atoms with Crippen LogP contribution in [0.1, 0.15) is 49.3 Å². The molecule has 1 amide bonds. The Labute approximate surface area is 187 Å². The number of nitrogens with one attached hydrogen (secondary N) is 1. The van der Waals surface area contributed by atoms with Crippen LogP contribution in [0.5, 0.6) is 17.2 Å². The van der Waals surface area contributed by atoms with E-state index in [1.54, 1.807) is 18.2 Å². The predicted molar refractivity (Wildman–Crippen MR) is 118 cm³/mol. The van der Waals surface area contributed by atoms with Gasteiger partial charge in [-0.15, -0.1) is 0 Å². The monoisotopic (exact) mass is 443 g/mol. The summed E-state index contributed by atoms with van der Waals surface area (Å²) in [5, 5.41) is 11.6. The number of hydrogen-bond donors (Lipinski definition) is 2. The van der Waals surface area contributed by atoms with Crippen LogP contribution in [0.15, 0.2) is 36.4 Å². The highest BCUT2D eigenvalue weighted by molar-refractivity contribution is 5.78. The van der Waals surface area contributed by atoms with Gasteiger partial charge in [-0.1, -0.05) is 12.1 Å². The molecule has 1 aliphatic heterocycles. The van der Waals surface area contributed by atoms with Crippen LogP contribution >= 0.6 is 0 Å². The first-order chi connectivity index (χ1) is 15.6. The summed E-state index contributed by atoms with van der Waals surface area (Å²) in [7, 11) is 1.46. The number of methoxy groups -OCH3 is 1. The number of fused-ring (bicyclic) bond motifs is 1. The molecule has 1 aliphatic carbocycles. The molecule has 7 heteroatoms. The van der Waals surface area contributed by atoms with Crippen molar-refractivity contribution in [2.24, 2.45) is 5.92 Å². The maximum Gasteiger partial charge on any atom is 0.223 e. The van der Waals surface area contributed by atoms with Gasteiger partial charge in [0.25, 0.3) is 0 Å². The predicted octanol–water partition coefficient (Wildman–Crippen LogP) is 3.95. The maximum atomic E-state index is 14.6. The van der Waals surface area contributed by atoms with Crippen LogP contribution in [0, 0.1) is 11.7 Å². The Morgan fingerprint density at radius 1 is 1.19 bits per heavy atom. The lowest BCUT2D eigenvalue weighted by Crippen LogP contribution is -2.36. The summed E-state index contributed by atoms with van der Waals surface area (Å²) in [6.07, 6.45) is 4.38. The Balaban J connectivity index is 1.35. The van der Waals surface area contributed by atoms with Crippen molar-refractivity contribution in [2.75, 3.05) is 20.3 Å². The van der Waals surface area contributed by atoms with E-state index in [1.807, 2.05) is 18.2 Å². The number of halogens is 1. The number of amides is 1. The molecule has 2 aromatic carbocycles. The van der Waals surface area contributed by atoms with E-state index in [1.165, 1.54) is 7.11 Å². The first-order valence-corrected chi connectivity index (χ1v) is 11.3. The van der Waals surface area contributed by atoms with Crippen molar-refractivity contribution < 1.29 is 28.5 Å². The summed E-state index contributed by atoms with van der Waals surface area (Å²) >= 11 is 0. The number of aryl methyl sites for hydroxylation is 1. The van der Waals surface area contributed by atoms with Gasteiger partial charge in [-0.25, -0.2) is 4.39 Å². The fourth-order valence-corrected chi connectivity index (χ4v) is 4.55. The molecule has 0 saturated heterocycles. The van der Waals surface area contributed by atoms with Gasteiger partial charge in [0.05, 0.1) is 19.8 Å². The second-order valence-corrected chi connectivity index (χ2v) is 8.38. The van der Waals surface area contributed by atoms with E-state index in [9.17, 15) is 9.18 Å². The van der Waals surface area contributed by atoms with E-state index in [-0.39, 0.29) is 42.2 Å². The summed E-state index contributed by atoms with van der Waals surface area (Å²) in [5.41, 5.74) is 1.56. The molecule has 2 aromatic rings. The van der Waals surface area contributed by atoms with E-state index < -0.39 is 0 Å². The van der Waals surface area contributed by atoms with Gasteiger partial charge >= 0.3 is 0 Å². The van der Waals surface area contributed by atoms with Gasteiger partial charge in [-0.2, -0.15) is 0 Å². The standard InChI is InChI=1S/C25H30FNO5/c1-30-23-4-2-3-20(24(23)26)22-11-7-17-15-19(10-12-21(17)32-22)31-18-8-5-16(6-9-18)25(29)27-13-14-28/h2-4,10,12,15-16,18,22,28H,5-9,11,13-14H2,1H3,(H,27,29). The Kier molecular flexibility index (Phi) is 7.15. The average molecular weight is 444 g/mol. The SMILES string of the molecule is COc1cccc(C2CCc3cc(OC4CCC(C(=O)NCCO)CC4)ccc3O2)c1F. The summed E-state index contributed by atoms with van der Waals surface area (Å²) < 4.78 is 32.0. The first-order valence-electron chi connectivity index (χ1n) is 11.3. The summed E-state index contributed by atoms with van der Waals surface area (Å²) in [4.78, 5) is 12.1. The number of aliphatic hydroxyl groups is 1. The largest absolute Gasteiger partial charge is 0.494 e. The fourth-order valence-electron chi connectivity index (χ4n) is 4.55. The van der Waals surface area contributed by atoms with Gasteiger partial charge in [0.1, 0.15) is 17.6 Å². The summed E-state index contributed by atoms with van der Waals surface area (Å²) in [5.74, 6) is 1.41. The minimum atomic E-state index is -0.371. The second kappa shape index (κ2) is 10.2. The number of rotatable bonds is 7. The molecular formula is C25H30FNO5. The Bertz CT molecular complexity index is 942. The van der Waals surface area contributed by atoms with Gasteiger partial charge in [0.15, 0.2) is 11.6 Å². The van der Waals surface area contributed by atoms with Gasteiger partial charge < -0.3 is 24.6 Å². The number of aliphatic hydroxyl groups excluding tert-OH is 1. The van der Waals surface area contributed by atoms with Gasteiger partial charge in [-0.05, 0) is 68.4 Å². The third-order valence-corrected chi connectivity index (χ3v) is 6.30. The molecule has 1 saturated carbocycles. The quantitative estimate of drug-likeness (QED) is 0.678. The smallest absolute Gasteiger partial charge is 0.223 e. The number of benzene rings is 2. The molecule has 0 spiro atoms. The Morgan fingerprint density at radius 2 is 2.00 bits per heavy atom. The molecule has 2 aliphatic rings. The number of hydrogen-bond acceptors (Lipinski definition) is 5. The molecule has 0 aromatic heterocycles. The van der Waals surface area contributed by atoms with Crippen LogP contribution in [-0.2, 0) is 11.2 Å². The average Bonchev–Trinajstić information content (AvgIpc) is 2.83. The van der Waals surface area contributed by atoms with Crippen molar-refractivity contribution in [3.63, 3.8) is 0 Å². The van der Waals surface area contributed by atoms with E-state index in [0.29, 0.717) is 18.5 Å². The lowest BCUT2D eigenvalue weighted by molar-refractivity contribution is -0.126. The van der Waals surface area contributed by atoms with Crippen LogP contribution < -0.4 is 19.5 Å². The molecule has 2 N–H and O–H groups in total. The molecule has 6 nitrogen and oxygen atoms in total. The highest BCUT2D eigenvalue weighted by atomic mass is 19.1. The molecule has 172 valence electrons. The van der Waals surface area contributed by atoms with E-state index >= 15 is 0 Å². The molecule has 0 radical (unpaired) electrons. The van der Waals surface area contributed by atoms with Crippen molar-refractivity contribution >= 4 is 5.91 Å². The van der Waals surface area contributed by atoms with Gasteiger partial charge in [0.2, 0.25) is 5.91 Å². The number of carbonyl (C=O) groups is 1. The van der Waals surface area contributed by atoms with Gasteiger partial charge in [-0.3, -0.25) is 4.79 Å². The van der Waals surface area contributed by atoms with E-state index in [2.05, 4.69) is 5.32 Å². The third-order valence-electron chi connectivity index (χ3n) is 6.30. The summed E-state index contributed by atoms with van der Waals surface area (Å²) in [6.45, 7) is 0.263. The topological polar surface area (TPSA) is 77.0 Å². The van der Waals surface area contributed by atoms with Crippen LogP contribution in [0.2, 0.25) is 0 Å². The zero-order chi connectivity index (χ0) is 22.5. The molecular weight excluding hydrogens is 413 g/mol. The van der Waals surface area contributed by atoms with Crippen LogP contribution in [0.25, 0.3) is 0 Å². The van der Waals surface area contributed by atoms with Crippen molar-refractivity contribution in [2.45, 2.75) is 50.7 Å². The van der Waals surface area contributed by atoms with Crippen molar-refractivity contribution in [3.8, 4) is 17.2 Å². The number of carbonyl (C=O) groups excluding carboxylic acids is 1. The van der Waals surface area contributed by atoms with Crippen molar-refractivity contribution in [1.29, 1.82) is 0 Å². The zero-order valence-corrected chi connectivity index (χ0v) is 18.3. The van der Waals surface area contributed by atoms with Crippen LogP contribution in [0.4, 0.5) is 4.39 Å². The highest BCUT2D eigenvalue weighted by Crippen LogP contribution is 2.39. The van der Waals surface area contributed by atoms with E-state index in [4.69, 9.17) is 19.3 Å². The molecule has 0 bridgehead atoms. The maximum absolute atomic E-state index is 14.6. The van der Waals surface area contributed by atoms with Crippen LogP contribution in [-0.4, -0.2) is 37.4 Å². The normalized spacial score (nSPS) is 22.4. The first kappa shape index (κ1) is 22.4. The van der Waals surface area contributed by atoms with E-state index in [0.717, 1.165) is 49.2 Å². The molecule has 32 heavy (non-hydrogen) atoms. The highest BCUT2D eigenvalue weighted by Gasteiger charge is 2.28. The Morgan fingerprint density at radius 3 is 2.75 bits per heavy atom. The minimum absolute atomic E-state index is 0.00715. The zero-order valence-electron chi connectivity index (χ0n) is 18.3. The Hall–Kier alpha value is -2.80. The van der Waals surface area contributed by atoms with Crippen LogP contribution in [0.3, 0.4) is 0 Å². The molecule has 4 rings (SSSR count). The van der Waals surface area contributed by atoms with Crippen molar-refractivity contribution in [1.82, 2.24) is 5.32 Å². The summed E-state index contributed by atoms with van der Waals surface area (Å²) in [6, 6.07) is 10.9. The van der Waals surface area contributed by atoms with Gasteiger partial charge in [0, 0.05) is 18.0 Å². The third kappa shape index (κ3) is 4.99. The fraction of sp³-hybridized carbons (Fsp3) is 0.480. The molecule has 1 unspecified atom stereocenters.